The molecule has 0 N–H and O–H groups in total. The number of amides is 1. The zero-order chi connectivity index (χ0) is 25.1. The number of aromatic nitrogens is 1. The number of nitriles is 1. The molecule has 3 rings (SSSR count). The van der Waals surface area contributed by atoms with Crippen LogP contribution in [0.25, 0.3) is 0 Å². The largest absolute Gasteiger partial charge is 0.497 e. The first kappa shape index (κ1) is 25.0. The smallest absolute Gasteiger partial charge is 0.417 e. The van der Waals surface area contributed by atoms with E-state index in [1.807, 2.05) is 0 Å². The number of hydrogen-bond donors (Lipinski definition) is 0. The van der Waals surface area contributed by atoms with Crippen LogP contribution in [0.1, 0.15) is 16.8 Å². The van der Waals surface area contributed by atoms with E-state index >= 15 is 0 Å². The molecule has 0 fully saturated rings. The monoisotopic (exact) mass is 487 g/mol. The molecule has 0 bridgehead atoms. The fourth-order valence-corrected chi connectivity index (χ4v) is 4.11. The van der Waals surface area contributed by atoms with Gasteiger partial charge in [0.25, 0.3) is 0 Å². The van der Waals surface area contributed by atoms with E-state index in [-0.39, 0.29) is 23.5 Å². The molecule has 3 aromatic rings. The van der Waals surface area contributed by atoms with Gasteiger partial charge in [0.15, 0.2) is 5.69 Å². The Morgan fingerprint density at radius 1 is 1.12 bits per heavy atom. The number of rotatable bonds is 6. The van der Waals surface area contributed by atoms with E-state index < -0.39 is 24.8 Å². The summed E-state index contributed by atoms with van der Waals surface area (Å²) in [6.07, 6.45) is -4.32. The molecule has 0 saturated heterocycles. The molecule has 34 heavy (non-hydrogen) atoms. The van der Waals surface area contributed by atoms with Gasteiger partial charge < -0.3 is 9.30 Å². The summed E-state index contributed by atoms with van der Waals surface area (Å²) in [5.41, 5.74) is -0.908. The maximum absolute atomic E-state index is 13.4. The van der Waals surface area contributed by atoms with Crippen LogP contribution in [0.15, 0.2) is 60.8 Å². The van der Waals surface area contributed by atoms with Crippen LogP contribution < -0.4 is 14.9 Å². The van der Waals surface area contributed by atoms with Gasteiger partial charge in [-0.3, -0.25) is 9.69 Å². The Morgan fingerprint density at radius 2 is 1.74 bits per heavy atom. The standard InChI is InChI=1S/C24H21F3N3O3P/c1-33-19-8-4-16(5-9-19)12-23(31)30(18-6-10-20(11-7-18)34(2,3)32)22-13-17(24(25,26)27)15-29-21(22)14-28/h4-11,13,15H,12H2,1-3H3. The highest BCUT2D eigenvalue weighted by atomic mass is 31.2. The highest BCUT2D eigenvalue weighted by molar-refractivity contribution is 7.70. The Kier molecular flexibility index (Phi) is 7.13. The molecule has 0 aliphatic heterocycles. The van der Waals surface area contributed by atoms with Gasteiger partial charge in [0.2, 0.25) is 5.91 Å². The second-order valence-corrected chi connectivity index (χ2v) is 11.0. The van der Waals surface area contributed by atoms with E-state index in [4.69, 9.17) is 4.74 Å². The lowest BCUT2D eigenvalue weighted by molar-refractivity contribution is -0.137. The minimum Gasteiger partial charge on any atom is -0.497 e. The molecule has 176 valence electrons. The van der Waals surface area contributed by atoms with Crippen LogP contribution in [0, 0.1) is 11.3 Å². The van der Waals surface area contributed by atoms with E-state index in [0.717, 1.165) is 11.0 Å². The summed E-state index contributed by atoms with van der Waals surface area (Å²) >= 11 is 0. The third-order valence-electron chi connectivity index (χ3n) is 5.04. The van der Waals surface area contributed by atoms with E-state index in [9.17, 15) is 27.8 Å². The van der Waals surface area contributed by atoms with Gasteiger partial charge >= 0.3 is 6.18 Å². The Balaban J connectivity index is 2.13. The molecule has 0 radical (unpaired) electrons. The summed E-state index contributed by atoms with van der Waals surface area (Å²) in [4.78, 5) is 18.1. The molecule has 0 spiro atoms. The van der Waals surface area contributed by atoms with E-state index in [2.05, 4.69) is 4.98 Å². The highest BCUT2D eigenvalue weighted by Crippen LogP contribution is 2.37. The lowest BCUT2D eigenvalue weighted by atomic mass is 10.1. The van der Waals surface area contributed by atoms with Gasteiger partial charge in [-0.25, -0.2) is 4.98 Å². The van der Waals surface area contributed by atoms with E-state index in [0.29, 0.717) is 22.8 Å². The second kappa shape index (κ2) is 9.70. The predicted molar refractivity (Wildman–Crippen MR) is 123 cm³/mol. The third-order valence-corrected chi connectivity index (χ3v) is 6.58. The summed E-state index contributed by atoms with van der Waals surface area (Å²) in [5.74, 6) is 0.00720. The first-order chi connectivity index (χ1) is 15.9. The van der Waals surface area contributed by atoms with Crippen LogP contribution in [-0.4, -0.2) is 31.3 Å². The normalized spacial score (nSPS) is 11.6. The maximum atomic E-state index is 13.4. The number of hydrogen-bond acceptors (Lipinski definition) is 5. The number of ether oxygens (including phenoxy) is 1. The number of pyridine rings is 1. The van der Waals surface area contributed by atoms with Crippen molar-refractivity contribution in [1.29, 1.82) is 5.26 Å². The molecule has 2 aromatic carbocycles. The topological polar surface area (TPSA) is 83.3 Å². The number of anilines is 2. The number of halogens is 3. The molecular weight excluding hydrogens is 466 g/mol. The van der Waals surface area contributed by atoms with Crippen molar-refractivity contribution in [2.24, 2.45) is 0 Å². The van der Waals surface area contributed by atoms with E-state index in [1.165, 1.54) is 19.2 Å². The zero-order valence-electron chi connectivity index (χ0n) is 18.6. The molecule has 0 saturated carbocycles. The van der Waals surface area contributed by atoms with Crippen molar-refractivity contribution < 1.29 is 27.3 Å². The number of carbonyl (C=O) groups excluding carboxylic acids is 1. The quantitative estimate of drug-likeness (QED) is 0.450. The lowest BCUT2D eigenvalue weighted by Crippen LogP contribution is -2.29. The van der Waals surface area contributed by atoms with Gasteiger partial charge in [0.05, 0.1) is 24.8 Å². The summed E-state index contributed by atoms with van der Waals surface area (Å²) < 4.78 is 57.7. The van der Waals surface area contributed by atoms with Crippen molar-refractivity contribution in [3.63, 3.8) is 0 Å². The maximum Gasteiger partial charge on any atom is 0.417 e. The molecule has 0 unspecified atom stereocenters. The summed E-state index contributed by atoms with van der Waals surface area (Å²) in [7, 11) is -1.10. The van der Waals surface area contributed by atoms with Crippen LogP contribution >= 0.6 is 7.14 Å². The Labute approximate surface area is 195 Å². The van der Waals surface area contributed by atoms with Crippen molar-refractivity contribution in [2.45, 2.75) is 12.6 Å². The molecule has 6 nitrogen and oxygen atoms in total. The highest BCUT2D eigenvalue weighted by Gasteiger charge is 2.33. The fourth-order valence-electron chi connectivity index (χ4n) is 3.24. The van der Waals surface area contributed by atoms with Crippen molar-refractivity contribution in [2.75, 3.05) is 25.3 Å². The molecule has 0 aliphatic rings. The van der Waals surface area contributed by atoms with Crippen LogP contribution in [0.2, 0.25) is 0 Å². The average Bonchev–Trinajstić information content (AvgIpc) is 2.79. The minimum atomic E-state index is -4.72. The summed E-state index contributed by atoms with van der Waals surface area (Å²) in [5, 5.41) is 10.0. The number of alkyl halides is 3. The van der Waals surface area contributed by atoms with Crippen molar-refractivity contribution in [3.05, 3.63) is 77.6 Å². The van der Waals surface area contributed by atoms with Gasteiger partial charge in [-0.2, -0.15) is 18.4 Å². The van der Waals surface area contributed by atoms with Gasteiger partial charge in [-0.1, -0.05) is 12.1 Å². The van der Waals surface area contributed by atoms with Gasteiger partial charge in [-0.15, -0.1) is 0 Å². The van der Waals surface area contributed by atoms with Crippen LogP contribution in [0.5, 0.6) is 5.75 Å². The Bertz CT molecular complexity index is 1280. The molecule has 1 amide bonds. The van der Waals surface area contributed by atoms with Crippen LogP contribution in [-0.2, 0) is 22.0 Å². The fraction of sp³-hybridized carbons (Fsp3) is 0.208. The molecule has 0 aliphatic carbocycles. The molecule has 1 heterocycles. The lowest BCUT2D eigenvalue weighted by Gasteiger charge is -2.25. The summed E-state index contributed by atoms with van der Waals surface area (Å²) in [6.45, 7) is 3.16. The SMILES string of the molecule is COc1ccc(CC(=O)N(c2ccc(P(C)(C)=O)cc2)c2cc(C(F)(F)F)cnc2C#N)cc1. The van der Waals surface area contributed by atoms with Crippen LogP contribution in [0.4, 0.5) is 24.5 Å². The van der Waals surface area contributed by atoms with Crippen molar-refractivity contribution in [1.82, 2.24) is 4.98 Å². The van der Waals surface area contributed by atoms with Gasteiger partial charge in [0.1, 0.15) is 19.0 Å². The minimum absolute atomic E-state index is 0.160. The third kappa shape index (κ3) is 5.64. The zero-order valence-corrected chi connectivity index (χ0v) is 19.5. The molecule has 10 heteroatoms. The van der Waals surface area contributed by atoms with Crippen molar-refractivity contribution >= 4 is 29.7 Å². The number of nitrogens with zero attached hydrogens (tertiary/aromatic N) is 3. The molecule has 0 atom stereocenters. The molecular formula is C24H21F3N3O3P. The average molecular weight is 487 g/mol. The van der Waals surface area contributed by atoms with Crippen LogP contribution in [0.3, 0.4) is 0 Å². The van der Waals surface area contributed by atoms with Gasteiger partial charge in [0, 0.05) is 17.2 Å². The number of methoxy groups -OCH3 is 1. The van der Waals surface area contributed by atoms with Gasteiger partial charge in [-0.05, 0) is 61.4 Å². The second-order valence-electron chi connectivity index (χ2n) is 7.82. The van der Waals surface area contributed by atoms with E-state index in [1.54, 1.807) is 55.8 Å². The Morgan fingerprint density at radius 3 is 2.24 bits per heavy atom. The van der Waals surface area contributed by atoms with Crippen molar-refractivity contribution in [3.8, 4) is 11.8 Å². The first-order valence-electron chi connectivity index (χ1n) is 10.0. The predicted octanol–water partition coefficient (Wildman–Crippen LogP) is 5.14. The molecule has 1 aromatic heterocycles. The Hall–Kier alpha value is -3.63. The number of benzene rings is 2. The first-order valence-corrected chi connectivity index (χ1v) is 12.6. The summed E-state index contributed by atoms with van der Waals surface area (Å²) in [6, 6.07) is 15.2. The number of carbonyl (C=O) groups is 1.